The van der Waals surface area contributed by atoms with Crippen LogP contribution in [0.15, 0.2) is 24.3 Å². The van der Waals surface area contributed by atoms with Crippen molar-refractivity contribution in [1.29, 1.82) is 0 Å². The molecular weight excluding hydrogens is 207 g/mol. The Labute approximate surface area is 86.9 Å². The summed E-state index contributed by atoms with van der Waals surface area (Å²) in [6, 6.07) is 7.93. The SMILES string of the molecule is CCOPc1ccc(OC)cc1.Cl. The second-order valence-corrected chi connectivity index (χ2v) is 3.33. The van der Waals surface area contributed by atoms with Gasteiger partial charge in [0.25, 0.3) is 0 Å². The zero-order chi connectivity index (χ0) is 8.81. The third kappa shape index (κ3) is 4.47. The number of hydrogen-bond acceptors (Lipinski definition) is 2. The van der Waals surface area contributed by atoms with E-state index in [9.17, 15) is 0 Å². The fourth-order valence-corrected chi connectivity index (χ4v) is 1.43. The third-order valence-corrected chi connectivity index (χ3v) is 2.43. The molecule has 0 amide bonds. The van der Waals surface area contributed by atoms with E-state index >= 15 is 0 Å². The van der Waals surface area contributed by atoms with Gasteiger partial charge in [-0.2, -0.15) is 0 Å². The lowest BCUT2D eigenvalue weighted by molar-refractivity contribution is 0.394. The molecule has 0 aromatic heterocycles. The average molecular weight is 221 g/mol. The highest BCUT2D eigenvalue weighted by Gasteiger charge is 1.93. The van der Waals surface area contributed by atoms with Crippen molar-refractivity contribution in [2.24, 2.45) is 0 Å². The molecule has 1 aromatic carbocycles. The molecule has 0 heterocycles. The van der Waals surface area contributed by atoms with Crippen LogP contribution in [0.2, 0.25) is 0 Å². The van der Waals surface area contributed by atoms with Crippen LogP contribution in [0.5, 0.6) is 5.75 Å². The van der Waals surface area contributed by atoms with E-state index in [1.807, 2.05) is 31.2 Å². The van der Waals surface area contributed by atoms with E-state index in [4.69, 9.17) is 9.26 Å². The molecule has 0 bridgehead atoms. The van der Waals surface area contributed by atoms with Gasteiger partial charge < -0.3 is 9.26 Å². The van der Waals surface area contributed by atoms with Crippen LogP contribution in [0.1, 0.15) is 6.92 Å². The highest BCUT2D eigenvalue weighted by molar-refractivity contribution is 7.41. The predicted octanol–water partition coefficient (Wildman–Crippen LogP) is 2.37. The molecule has 0 radical (unpaired) electrons. The molecule has 1 rings (SSSR count). The Morgan fingerprint density at radius 3 is 2.31 bits per heavy atom. The standard InChI is InChI=1S/C9H13O2P.ClH/c1-3-11-12-9-6-4-8(10-2)5-7-9;/h4-7,12H,3H2,1-2H3;1H. The van der Waals surface area contributed by atoms with E-state index in [-0.39, 0.29) is 12.4 Å². The number of ether oxygens (including phenoxy) is 1. The Bertz CT molecular complexity index is 226. The van der Waals surface area contributed by atoms with Gasteiger partial charge in [-0.05, 0) is 36.5 Å². The number of halogens is 1. The number of hydrogen-bond donors (Lipinski definition) is 0. The topological polar surface area (TPSA) is 18.5 Å². The quantitative estimate of drug-likeness (QED) is 0.726. The van der Waals surface area contributed by atoms with Gasteiger partial charge in [-0.15, -0.1) is 12.4 Å². The first kappa shape index (κ1) is 12.7. The zero-order valence-electron chi connectivity index (χ0n) is 7.74. The fraction of sp³-hybridized carbons (Fsp3) is 0.333. The second-order valence-electron chi connectivity index (χ2n) is 2.26. The molecule has 0 fully saturated rings. The van der Waals surface area contributed by atoms with Crippen molar-refractivity contribution in [2.45, 2.75) is 6.92 Å². The molecule has 13 heavy (non-hydrogen) atoms. The van der Waals surface area contributed by atoms with Crippen LogP contribution in [0.25, 0.3) is 0 Å². The first-order valence-electron chi connectivity index (χ1n) is 3.88. The van der Waals surface area contributed by atoms with Crippen LogP contribution in [0.3, 0.4) is 0 Å². The molecule has 1 atom stereocenters. The van der Waals surface area contributed by atoms with Crippen LogP contribution < -0.4 is 10.0 Å². The zero-order valence-corrected chi connectivity index (χ0v) is 9.56. The van der Waals surface area contributed by atoms with Crippen molar-refractivity contribution in [3.63, 3.8) is 0 Å². The van der Waals surface area contributed by atoms with E-state index in [0.29, 0.717) is 8.81 Å². The Hall–Kier alpha value is -0.300. The molecule has 74 valence electrons. The summed E-state index contributed by atoms with van der Waals surface area (Å²) in [6.07, 6.45) is 0. The number of rotatable bonds is 4. The summed E-state index contributed by atoms with van der Waals surface area (Å²) in [5, 5.41) is 1.21. The molecule has 2 nitrogen and oxygen atoms in total. The van der Waals surface area contributed by atoms with Crippen LogP contribution >= 0.6 is 21.2 Å². The van der Waals surface area contributed by atoms with E-state index in [1.54, 1.807) is 7.11 Å². The monoisotopic (exact) mass is 220 g/mol. The summed E-state index contributed by atoms with van der Waals surface area (Å²) in [4.78, 5) is 0. The molecule has 4 heteroatoms. The third-order valence-electron chi connectivity index (χ3n) is 1.42. The van der Waals surface area contributed by atoms with Gasteiger partial charge >= 0.3 is 0 Å². The van der Waals surface area contributed by atoms with Crippen LogP contribution in [0.4, 0.5) is 0 Å². The minimum Gasteiger partial charge on any atom is -0.497 e. The number of methoxy groups -OCH3 is 1. The van der Waals surface area contributed by atoms with Crippen molar-refractivity contribution >= 4 is 26.5 Å². The average Bonchev–Trinajstić information content (AvgIpc) is 2.15. The van der Waals surface area contributed by atoms with Crippen molar-refractivity contribution < 1.29 is 9.26 Å². The highest BCUT2D eigenvalue weighted by atomic mass is 35.5. The molecule has 0 spiro atoms. The van der Waals surface area contributed by atoms with Gasteiger partial charge in [0.1, 0.15) is 5.75 Å². The first-order valence-corrected chi connectivity index (χ1v) is 4.79. The Morgan fingerprint density at radius 2 is 1.85 bits per heavy atom. The van der Waals surface area contributed by atoms with Gasteiger partial charge in [-0.1, -0.05) is 0 Å². The van der Waals surface area contributed by atoms with Gasteiger partial charge in [0.05, 0.1) is 7.11 Å². The molecule has 0 N–H and O–H groups in total. The molecule has 0 aliphatic rings. The largest absolute Gasteiger partial charge is 0.497 e. The summed E-state index contributed by atoms with van der Waals surface area (Å²) in [6.45, 7) is 2.76. The lowest BCUT2D eigenvalue weighted by Gasteiger charge is -2.02. The van der Waals surface area contributed by atoms with Crippen LogP contribution in [-0.2, 0) is 4.52 Å². The van der Waals surface area contributed by atoms with Gasteiger partial charge in [-0.3, -0.25) is 0 Å². The highest BCUT2D eigenvalue weighted by Crippen LogP contribution is 2.14. The molecule has 1 unspecified atom stereocenters. The van der Waals surface area contributed by atoms with Crippen molar-refractivity contribution in [3.8, 4) is 5.75 Å². The Kier molecular flexibility index (Phi) is 6.97. The maximum Gasteiger partial charge on any atom is 0.118 e. The molecular formula is C9H14ClO2P. The smallest absolute Gasteiger partial charge is 0.118 e. The lowest BCUT2D eigenvalue weighted by Crippen LogP contribution is -1.94. The molecule has 0 saturated heterocycles. The maximum absolute atomic E-state index is 5.28. The Balaban J connectivity index is 0.00000144. The van der Waals surface area contributed by atoms with E-state index in [2.05, 4.69) is 0 Å². The predicted molar refractivity (Wildman–Crippen MR) is 59.8 cm³/mol. The van der Waals surface area contributed by atoms with Crippen LogP contribution in [0, 0.1) is 0 Å². The normalized spacial score (nSPS) is 10.0. The summed E-state index contributed by atoms with van der Waals surface area (Å²) in [5.41, 5.74) is 0. The Morgan fingerprint density at radius 1 is 1.23 bits per heavy atom. The van der Waals surface area contributed by atoms with E-state index in [1.165, 1.54) is 5.30 Å². The van der Waals surface area contributed by atoms with E-state index < -0.39 is 0 Å². The maximum atomic E-state index is 5.28. The fourth-order valence-electron chi connectivity index (χ4n) is 0.815. The van der Waals surface area contributed by atoms with Crippen molar-refractivity contribution in [1.82, 2.24) is 0 Å². The van der Waals surface area contributed by atoms with Crippen molar-refractivity contribution in [2.75, 3.05) is 13.7 Å². The van der Waals surface area contributed by atoms with E-state index in [0.717, 1.165) is 12.4 Å². The minimum atomic E-state index is 0. The molecule has 0 aliphatic carbocycles. The lowest BCUT2D eigenvalue weighted by atomic mass is 10.3. The van der Waals surface area contributed by atoms with Crippen LogP contribution in [-0.4, -0.2) is 13.7 Å². The summed E-state index contributed by atoms with van der Waals surface area (Å²) >= 11 is 0. The summed E-state index contributed by atoms with van der Waals surface area (Å²) < 4.78 is 10.3. The summed E-state index contributed by atoms with van der Waals surface area (Å²) in [5.74, 6) is 0.889. The summed E-state index contributed by atoms with van der Waals surface area (Å²) in [7, 11) is 2.11. The van der Waals surface area contributed by atoms with Gasteiger partial charge in [0.2, 0.25) is 0 Å². The first-order chi connectivity index (χ1) is 5.86. The second kappa shape index (κ2) is 7.14. The number of benzene rings is 1. The molecule has 0 aliphatic heterocycles. The van der Waals surface area contributed by atoms with Gasteiger partial charge in [0, 0.05) is 15.4 Å². The molecule has 1 aromatic rings. The molecule has 0 saturated carbocycles. The van der Waals surface area contributed by atoms with Crippen molar-refractivity contribution in [3.05, 3.63) is 24.3 Å². The van der Waals surface area contributed by atoms with Gasteiger partial charge in [-0.25, -0.2) is 0 Å². The van der Waals surface area contributed by atoms with Gasteiger partial charge in [0.15, 0.2) is 0 Å². The minimum absolute atomic E-state index is 0.